The van der Waals surface area contributed by atoms with E-state index in [0.717, 1.165) is 37.6 Å². The first-order valence-electron chi connectivity index (χ1n) is 11.7. The quantitative estimate of drug-likeness (QED) is 0.213. The predicted molar refractivity (Wildman–Crippen MR) is 151 cm³/mol. The molecule has 0 fully saturated rings. The van der Waals surface area contributed by atoms with Crippen molar-refractivity contribution in [3.63, 3.8) is 0 Å². The van der Waals surface area contributed by atoms with Gasteiger partial charge in [-0.15, -0.1) is 0 Å². The van der Waals surface area contributed by atoms with Gasteiger partial charge < -0.3 is 8.83 Å². The molecule has 0 aromatic heterocycles. The Labute approximate surface area is 221 Å². The predicted octanol–water partition coefficient (Wildman–Crippen LogP) is 8.24. The van der Waals surface area contributed by atoms with Crippen molar-refractivity contribution in [2.24, 2.45) is 0 Å². The number of aryl methyl sites for hydroxylation is 1. The zero-order chi connectivity index (χ0) is 25.4. The molecule has 180 valence electrons. The van der Waals surface area contributed by atoms with E-state index in [9.17, 15) is 9.59 Å². The summed E-state index contributed by atoms with van der Waals surface area (Å²) in [6.45, 7) is 2.02. The highest BCUT2D eigenvalue weighted by Gasteiger charge is 2.20. The van der Waals surface area contributed by atoms with E-state index in [4.69, 9.17) is 8.83 Å². The van der Waals surface area contributed by atoms with Crippen LogP contribution in [0.5, 0.6) is 0 Å². The van der Waals surface area contributed by atoms with Gasteiger partial charge in [-0.1, -0.05) is 106 Å². The Bertz CT molecular complexity index is 1770. The van der Waals surface area contributed by atoms with Gasteiger partial charge in [-0.2, -0.15) is 0 Å². The van der Waals surface area contributed by atoms with Gasteiger partial charge in [0.1, 0.15) is 11.5 Å². The summed E-state index contributed by atoms with van der Waals surface area (Å²) in [7, 11) is 3.08. The highest BCUT2D eigenvalue weighted by atomic mass is 33.1. The first-order valence-corrected chi connectivity index (χ1v) is 13.8. The van der Waals surface area contributed by atoms with E-state index in [-0.39, 0.29) is 11.3 Å². The van der Waals surface area contributed by atoms with Crippen LogP contribution in [-0.4, -0.2) is 0 Å². The number of furan rings is 2. The normalized spacial score (nSPS) is 11.3. The van der Waals surface area contributed by atoms with Crippen molar-refractivity contribution in [2.45, 2.75) is 16.7 Å². The van der Waals surface area contributed by atoms with Crippen molar-refractivity contribution in [1.29, 1.82) is 0 Å². The lowest BCUT2D eigenvalue weighted by Gasteiger charge is -2.00. The lowest BCUT2D eigenvalue weighted by molar-refractivity contribution is 0.545. The lowest BCUT2D eigenvalue weighted by Crippen LogP contribution is -1.95. The van der Waals surface area contributed by atoms with Gasteiger partial charge in [-0.25, -0.2) is 9.59 Å². The van der Waals surface area contributed by atoms with Gasteiger partial charge in [-0.3, -0.25) is 0 Å². The molecule has 2 aliphatic heterocycles. The molecule has 0 radical (unpaired) electrons. The molecule has 0 saturated carbocycles. The lowest BCUT2D eigenvalue weighted by atomic mass is 10.0. The van der Waals surface area contributed by atoms with Crippen molar-refractivity contribution in [3.05, 3.63) is 130 Å². The van der Waals surface area contributed by atoms with Crippen molar-refractivity contribution >= 4 is 21.6 Å². The molecule has 0 unspecified atom stereocenters. The summed E-state index contributed by atoms with van der Waals surface area (Å²) >= 11 is 0. The molecule has 6 heteroatoms. The molecule has 6 rings (SSSR count). The Hall–Kier alpha value is -4.00. The molecule has 0 N–H and O–H groups in total. The Morgan fingerprint density at radius 3 is 1.54 bits per heavy atom. The Kier molecular flexibility index (Phi) is 6.20. The smallest absolute Gasteiger partial charge is 0.344 e. The summed E-state index contributed by atoms with van der Waals surface area (Å²) in [6.07, 6.45) is 0. The molecule has 2 aromatic carbocycles. The second-order valence-electron chi connectivity index (χ2n) is 8.63. The van der Waals surface area contributed by atoms with Gasteiger partial charge in [0, 0.05) is 20.9 Å². The van der Waals surface area contributed by atoms with E-state index in [0.29, 0.717) is 22.6 Å². The van der Waals surface area contributed by atoms with Crippen LogP contribution in [-0.2, 0) is 0 Å². The SMILES string of the molecule is Cc1ccc(-c2c3cccc(SSc4cccc5c(-c6ccccc6)c(=O)oc-5c4)cc-3oc2=O)cc1. The minimum absolute atomic E-state index is 0.341. The summed E-state index contributed by atoms with van der Waals surface area (Å²) in [5, 5.41) is 0. The molecule has 2 aliphatic carbocycles. The molecule has 2 heterocycles. The number of fused-ring (bicyclic) bond motifs is 2. The third kappa shape index (κ3) is 4.61. The maximum Gasteiger partial charge on any atom is 0.344 e. The van der Waals surface area contributed by atoms with E-state index in [2.05, 4.69) is 0 Å². The molecule has 0 saturated heterocycles. The zero-order valence-electron chi connectivity index (χ0n) is 19.8. The van der Waals surface area contributed by atoms with Crippen LogP contribution < -0.4 is 11.3 Å². The molecule has 4 nitrogen and oxygen atoms in total. The van der Waals surface area contributed by atoms with Crippen molar-refractivity contribution in [1.82, 2.24) is 0 Å². The third-order valence-electron chi connectivity index (χ3n) is 6.11. The van der Waals surface area contributed by atoms with Gasteiger partial charge in [-0.05, 0) is 42.3 Å². The van der Waals surface area contributed by atoms with E-state index >= 15 is 0 Å². The Morgan fingerprint density at radius 1 is 0.541 bits per heavy atom. The van der Waals surface area contributed by atoms with Crippen LogP contribution in [0.1, 0.15) is 5.56 Å². The summed E-state index contributed by atoms with van der Waals surface area (Å²) in [6, 6.07) is 32.9. The first-order chi connectivity index (χ1) is 18.1. The Morgan fingerprint density at radius 2 is 1.03 bits per heavy atom. The number of hydrogen-bond donors (Lipinski definition) is 0. The molecular weight excluding hydrogens is 500 g/mol. The first kappa shape index (κ1) is 23.4. The maximum atomic E-state index is 12.7. The van der Waals surface area contributed by atoms with Crippen molar-refractivity contribution < 1.29 is 8.83 Å². The second-order valence-corrected chi connectivity index (χ2v) is 10.9. The third-order valence-corrected chi connectivity index (χ3v) is 8.49. The average Bonchev–Trinajstić information content (AvgIpc) is 3.18. The molecule has 0 spiro atoms. The molecule has 0 amide bonds. The fraction of sp³-hybridized carbons (Fsp3) is 0.0323. The highest BCUT2D eigenvalue weighted by Crippen LogP contribution is 2.42. The van der Waals surface area contributed by atoms with E-state index in [1.54, 1.807) is 21.6 Å². The fourth-order valence-electron chi connectivity index (χ4n) is 4.33. The van der Waals surface area contributed by atoms with E-state index in [1.165, 1.54) is 0 Å². The summed E-state index contributed by atoms with van der Waals surface area (Å²) in [4.78, 5) is 27.2. The van der Waals surface area contributed by atoms with Gasteiger partial charge >= 0.3 is 11.3 Å². The van der Waals surface area contributed by atoms with Crippen LogP contribution in [0.2, 0.25) is 0 Å². The summed E-state index contributed by atoms with van der Waals surface area (Å²) in [5.74, 6) is 1.09. The molecule has 0 bridgehead atoms. The van der Waals surface area contributed by atoms with E-state index in [1.807, 2.05) is 110 Å². The zero-order valence-corrected chi connectivity index (χ0v) is 21.4. The van der Waals surface area contributed by atoms with Crippen molar-refractivity contribution in [2.75, 3.05) is 0 Å². The fourth-order valence-corrected chi connectivity index (χ4v) is 6.30. The second kappa shape index (κ2) is 9.81. The maximum absolute atomic E-state index is 12.7. The standard InChI is InChI=1S/C31H20O4S2/c1-19-13-15-21(16-14-19)29-25-12-6-10-23(18-27(25)35-31(29)33)37-36-22-9-5-11-24-26(17-22)34-30(32)28(24)20-7-3-2-4-8-20/h2-18H,1H3. The summed E-state index contributed by atoms with van der Waals surface area (Å²) < 4.78 is 11.3. The van der Waals surface area contributed by atoms with Crippen LogP contribution >= 0.6 is 21.6 Å². The van der Waals surface area contributed by atoms with Gasteiger partial charge in [0.05, 0.1) is 11.1 Å². The highest BCUT2D eigenvalue weighted by molar-refractivity contribution is 8.76. The van der Waals surface area contributed by atoms with E-state index < -0.39 is 0 Å². The number of rotatable bonds is 5. The molecule has 4 aliphatic rings. The Balaban J connectivity index is 1.27. The topological polar surface area (TPSA) is 60.4 Å². The largest absolute Gasteiger partial charge is 0.422 e. The molecule has 0 atom stereocenters. The number of benzene rings is 2. The average molecular weight is 521 g/mol. The van der Waals surface area contributed by atoms with Crippen molar-refractivity contribution in [3.8, 4) is 44.9 Å². The van der Waals surface area contributed by atoms with Crippen LogP contribution in [0.25, 0.3) is 44.9 Å². The molecular formula is C31H20O4S2. The van der Waals surface area contributed by atoms with Crippen LogP contribution in [0.4, 0.5) is 0 Å². The minimum Gasteiger partial charge on any atom is -0.422 e. The van der Waals surface area contributed by atoms with Crippen LogP contribution in [0.15, 0.2) is 131 Å². The number of hydrogen-bond acceptors (Lipinski definition) is 6. The van der Waals surface area contributed by atoms with Crippen LogP contribution in [0, 0.1) is 6.92 Å². The minimum atomic E-state index is -0.343. The van der Waals surface area contributed by atoms with Gasteiger partial charge in [0.2, 0.25) is 0 Å². The van der Waals surface area contributed by atoms with Crippen LogP contribution in [0.3, 0.4) is 0 Å². The van der Waals surface area contributed by atoms with Gasteiger partial charge in [0.25, 0.3) is 0 Å². The molecule has 37 heavy (non-hydrogen) atoms. The molecule has 2 aromatic rings. The summed E-state index contributed by atoms with van der Waals surface area (Å²) in [5.41, 5.74) is 4.84. The monoisotopic (exact) mass is 520 g/mol. The van der Waals surface area contributed by atoms with Gasteiger partial charge in [0.15, 0.2) is 0 Å².